The molecule has 0 unspecified atom stereocenters. The van der Waals surface area contributed by atoms with Crippen molar-refractivity contribution >= 4 is 11.7 Å². The average molecular weight is 205 g/mol. The van der Waals surface area contributed by atoms with Gasteiger partial charge >= 0.3 is 11.8 Å². The minimum absolute atomic E-state index is 0.286. The number of para-hydroxylation sites is 1. The van der Waals surface area contributed by atoms with Gasteiger partial charge in [-0.15, -0.1) is 5.10 Å². The second-order valence-corrected chi connectivity index (χ2v) is 3.17. The van der Waals surface area contributed by atoms with Gasteiger partial charge in [-0.1, -0.05) is 18.2 Å². The van der Waals surface area contributed by atoms with Crippen molar-refractivity contribution in [2.45, 2.75) is 0 Å². The summed E-state index contributed by atoms with van der Waals surface area (Å²) in [6.45, 7) is 0. The number of hydrogen-bond donors (Lipinski definition) is 0. The molecule has 0 fully saturated rings. The van der Waals surface area contributed by atoms with Crippen LogP contribution in [0.4, 0.5) is 11.7 Å². The van der Waals surface area contributed by atoms with Gasteiger partial charge in [0.05, 0.1) is 0 Å². The molecule has 0 saturated heterocycles. The minimum atomic E-state index is -0.465. The molecule has 0 spiro atoms. The summed E-state index contributed by atoms with van der Waals surface area (Å²) >= 11 is 0. The summed E-state index contributed by atoms with van der Waals surface area (Å²) in [5, 5.41) is 3.95. The lowest BCUT2D eigenvalue weighted by Crippen LogP contribution is -2.11. The third-order valence-electron chi connectivity index (χ3n) is 2.11. The Bertz CT molecular complexity index is 501. The molecule has 5 heteroatoms. The van der Waals surface area contributed by atoms with E-state index in [1.54, 1.807) is 19.0 Å². The monoisotopic (exact) mass is 205 g/mol. The van der Waals surface area contributed by atoms with Crippen LogP contribution in [0.1, 0.15) is 0 Å². The molecule has 1 aromatic heterocycles. The average Bonchev–Trinajstić information content (AvgIpc) is 2.59. The lowest BCUT2D eigenvalue weighted by molar-refractivity contribution is 0.498. The Balaban J connectivity index is 2.36. The standard InChI is InChI=1S/C10H11N3O2/c1-12(8-6-4-3-5-7-8)9-11-13(2)10(14)15-9/h3-7H,1-2H3. The normalized spacial score (nSPS) is 10.3. The van der Waals surface area contributed by atoms with Crippen molar-refractivity contribution < 1.29 is 4.42 Å². The lowest BCUT2D eigenvalue weighted by atomic mass is 10.3. The van der Waals surface area contributed by atoms with Crippen LogP contribution in [0.25, 0.3) is 0 Å². The molecule has 0 bridgehead atoms. The largest absolute Gasteiger partial charge is 0.438 e. The molecule has 1 aromatic carbocycles. The molecule has 0 amide bonds. The van der Waals surface area contributed by atoms with Crippen LogP contribution in [0.2, 0.25) is 0 Å². The molecule has 0 radical (unpaired) electrons. The van der Waals surface area contributed by atoms with Crippen molar-refractivity contribution in [2.24, 2.45) is 7.05 Å². The topological polar surface area (TPSA) is 51.3 Å². The predicted octanol–water partition coefficient (Wildman–Crippen LogP) is 1.14. The highest BCUT2D eigenvalue weighted by molar-refractivity contribution is 5.54. The number of nitrogens with zero attached hydrogens (tertiary/aromatic N) is 3. The molecule has 0 N–H and O–H groups in total. The van der Waals surface area contributed by atoms with E-state index < -0.39 is 5.76 Å². The minimum Gasteiger partial charge on any atom is -0.373 e. The quantitative estimate of drug-likeness (QED) is 0.737. The van der Waals surface area contributed by atoms with Crippen molar-refractivity contribution in [3.8, 4) is 0 Å². The Labute approximate surface area is 86.6 Å². The summed E-state index contributed by atoms with van der Waals surface area (Å²) in [5.41, 5.74) is 0.916. The van der Waals surface area contributed by atoms with Crippen LogP contribution in [0.15, 0.2) is 39.5 Å². The number of benzene rings is 1. The maximum absolute atomic E-state index is 11.1. The first-order valence-corrected chi connectivity index (χ1v) is 4.51. The van der Waals surface area contributed by atoms with Gasteiger partial charge in [-0.05, 0) is 12.1 Å². The van der Waals surface area contributed by atoms with Crippen LogP contribution in [-0.2, 0) is 7.05 Å². The summed E-state index contributed by atoms with van der Waals surface area (Å²) in [4.78, 5) is 12.8. The Morgan fingerprint density at radius 3 is 2.53 bits per heavy atom. The maximum Gasteiger partial charge on any atom is 0.438 e. The number of aromatic nitrogens is 2. The van der Waals surface area contributed by atoms with Crippen LogP contribution >= 0.6 is 0 Å². The van der Waals surface area contributed by atoms with Gasteiger partial charge in [0.2, 0.25) is 0 Å². The molecule has 5 nitrogen and oxygen atoms in total. The summed E-state index contributed by atoms with van der Waals surface area (Å²) in [7, 11) is 3.34. The summed E-state index contributed by atoms with van der Waals surface area (Å²) in [6.07, 6.45) is 0. The summed E-state index contributed by atoms with van der Waals surface area (Å²) in [5.74, 6) is -0.465. The van der Waals surface area contributed by atoms with E-state index in [2.05, 4.69) is 5.10 Å². The van der Waals surface area contributed by atoms with Crippen LogP contribution in [0.3, 0.4) is 0 Å². The lowest BCUT2D eigenvalue weighted by Gasteiger charge is -2.12. The van der Waals surface area contributed by atoms with E-state index in [1.165, 1.54) is 0 Å². The Kier molecular flexibility index (Phi) is 2.29. The zero-order chi connectivity index (χ0) is 10.8. The molecule has 0 aliphatic heterocycles. The summed E-state index contributed by atoms with van der Waals surface area (Å²) < 4.78 is 6.11. The van der Waals surface area contributed by atoms with Crippen molar-refractivity contribution in [3.63, 3.8) is 0 Å². The smallest absolute Gasteiger partial charge is 0.373 e. The van der Waals surface area contributed by atoms with Crippen LogP contribution in [-0.4, -0.2) is 16.8 Å². The van der Waals surface area contributed by atoms with E-state index >= 15 is 0 Å². The van der Waals surface area contributed by atoms with Gasteiger partial charge in [-0.2, -0.15) is 4.68 Å². The first-order valence-electron chi connectivity index (χ1n) is 4.51. The Hall–Kier alpha value is -2.04. The molecule has 15 heavy (non-hydrogen) atoms. The third-order valence-corrected chi connectivity index (χ3v) is 2.11. The first kappa shape index (κ1) is 9.51. The fourth-order valence-corrected chi connectivity index (χ4v) is 1.23. The highest BCUT2D eigenvalue weighted by atomic mass is 16.4. The van der Waals surface area contributed by atoms with Crippen LogP contribution in [0.5, 0.6) is 0 Å². The van der Waals surface area contributed by atoms with Gasteiger partial charge in [0.1, 0.15) is 0 Å². The van der Waals surface area contributed by atoms with Gasteiger partial charge < -0.3 is 4.42 Å². The van der Waals surface area contributed by atoms with E-state index in [0.29, 0.717) is 0 Å². The van der Waals surface area contributed by atoms with E-state index in [0.717, 1.165) is 10.4 Å². The molecule has 78 valence electrons. The molecular formula is C10H11N3O2. The predicted molar refractivity (Wildman–Crippen MR) is 56.2 cm³/mol. The van der Waals surface area contributed by atoms with Crippen LogP contribution < -0.4 is 10.7 Å². The van der Waals surface area contributed by atoms with E-state index in [4.69, 9.17) is 4.42 Å². The second kappa shape index (κ2) is 3.61. The van der Waals surface area contributed by atoms with Crippen molar-refractivity contribution in [2.75, 3.05) is 11.9 Å². The van der Waals surface area contributed by atoms with Crippen molar-refractivity contribution in [1.82, 2.24) is 9.78 Å². The number of aryl methyl sites for hydroxylation is 1. The molecular weight excluding hydrogens is 194 g/mol. The summed E-state index contributed by atoms with van der Waals surface area (Å²) in [6, 6.07) is 9.85. The van der Waals surface area contributed by atoms with Crippen molar-refractivity contribution in [3.05, 3.63) is 40.9 Å². The molecule has 0 aliphatic carbocycles. The molecule has 1 heterocycles. The van der Waals surface area contributed by atoms with Gasteiger partial charge in [0.15, 0.2) is 0 Å². The van der Waals surface area contributed by atoms with Gasteiger partial charge in [0, 0.05) is 19.8 Å². The van der Waals surface area contributed by atoms with Crippen LogP contribution in [0, 0.1) is 0 Å². The van der Waals surface area contributed by atoms with E-state index in [9.17, 15) is 4.79 Å². The van der Waals surface area contributed by atoms with Gasteiger partial charge in [0.25, 0.3) is 0 Å². The first-order chi connectivity index (χ1) is 7.18. The van der Waals surface area contributed by atoms with E-state index in [-0.39, 0.29) is 6.01 Å². The molecule has 0 atom stereocenters. The highest BCUT2D eigenvalue weighted by Gasteiger charge is 2.11. The zero-order valence-electron chi connectivity index (χ0n) is 8.54. The zero-order valence-corrected chi connectivity index (χ0v) is 8.54. The number of anilines is 2. The maximum atomic E-state index is 11.1. The SMILES string of the molecule is CN(c1ccccc1)c1nn(C)c(=O)o1. The fourth-order valence-electron chi connectivity index (χ4n) is 1.23. The second-order valence-electron chi connectivity index (χ2n) is 3.17. The Morgan fingerprint density at radius 1 is 1.33 bits per heavy atom. The molecule has 2 rings (SSSR count). The van der Waals surface area contributed by atoms with Crippen molar-refractivity contribution in [1.29, 1.82) is 0 Å². The molecule has 0 saturated carbocycles. The Morgan fingerprint density at radius 2 is 2.00 bits per heavy atom. The number of hydrogen-bond acceptors (Lipinski definition) is 4. The van der Waals surface area contributed by atoms with Gasteiger partial charge in [-0.25, -0.2) is 4.79 Å². The van der Waals surface area contributed by atoms with E-state index in [1.807, 2.05) is 30.3 Å². The third kappa shape index (κ3) is 1.76. The fraction of sp³-hybridized carbons (Fsp3) is 0.200. The number of rotatable bonds is 2. The molecule has 2 aromatic rings. The van der Waals surface area contributed by atoms with Gasteiger partial charge in [-0.3, -0.25) is 4.90 Å². The molecule has 0 aliphatic rings. The highest BCUT2D eigenvalue weighted by Crippen LogP contribution is 2.19.